The lowest BCUT2D eigenvalue weighted by molar-refractivity contribution is 0.500. The van der Waals surface area contributed by atoms with Gasteiger partial charge in [0.1, 0.15) is 0 Å². The van der Waals surface area contributed by atoms with Crippen LogP contribution in [0.15, 0.2) is 0 Å². The Labute approximate surface area is 90.3 Å². The molecular weight excluding hydrogens is 194 g/mol. The van der Waals surface area contributed by atoms with Crippen molar-refractivity contribution in [1.82, 2.24) is 5.32 Å². The van der Waals surface area contributed by atoms with Gasteiger partial charge in [0.15, 0.2) is 0 Å². The van der Waals surface area contributed by atoms with Crippen LogP contribution in [-0.4, -0.2) is 28.3 Å². The predicted octanol–water partition coefficient (Wildman–Crippen LogP) is 2.07. The molecule has 0 aliphatic heterocycles. The van der Waals surface area contributed by atoms with Crippen LogP contribution in [0.1, 0.15) is 45.4 Å². The maximum atomic E-state index is 12.0. The Hall–Kier alpha value is 0.110. The van der Waals surface area contributed by atoms with Gasteiger partial charge in [-0.05, 0) is 26.3 Å². The summed E-state index contributed by atoms with van der Waals surface area (Å²) in [6, 6.07) is 0.442. The summed E-state index contributed by atoms with van der Waals surface area (Å²) in [6.07, 6.45) is 7.37. The first-order valence-electron chi connectivity index (χ1n) is 5.82. The lowest BCUT2D eigenvalue weighted by atomic mass is 10.0. The van der Waals surface area contributed by atoms with Crippen LogP contribution in [0, 0.1) is 0 Å². The molecule has 1 fully saturated rings. The Morgan fingerprint density at radius 3 is 2.50 bits per heavy atom. The van der Waals surface area contributed by atoms with Crippen molar-refractivity contribution in [3.05, 3.63) is 0 Å². The molecule has 0 bridgehead atoms. The molecule has 1 aliphatic carbocycles. The van der Waals surface area contributed by atoms with Gasteiger partial charge in [-0.15, -0.1) is 0 Å². The van der Waals surface area contributed by atoms with Crippen LogP contribution in [-0.2, 0) is 10.8 Å². The van der Waals surface area contributed by atoms with E-state index < -0.39 is 10.8 Å². The van der Waals surface area contributed by atoms with Gasteiger partial charge in [-0.3, -0.25) is 4.21 Å². The summed E-state index contributed by atoms with van der Waals surface area (Å²) in [6.45, 7) is 2.15. The second-order valence-electron chi connectivity index (χ2n) is 4.20. The molecule has 0 amide bonds. The molecule has 2 nitrogen and oxygen atoms in total. The maximum Gasteiger partial charge on any atom is 0.0391 e. The van der Waals surface area contributed by atoms with Crippen molar-refractivity contribution in [2.24, 2.45) is 0 Å². The van der Waals surface area contributed by atoms with Crippen LogP contribution in [0.4, 0.5) is 0 Å². The molecule has 2 unspecified atom stereocenters. The van der Waals surface area contributed by atoms with Gasteiger partial charge < -0.3 is 5.32 Å². The minimum absolute atomic E-state index is 0.442. The lowest BCUT2D eigenvalue weighted by Crippen LogP contribution is -2.34. The quantitative estimate of drug-likeness (QED) is 0.764. The van der Waals surface area contributed by atoms with E-state index in [-0.39, 0.29) is 0 Å². The lowest BCUT2D eigenvalue weighted by Gasteiger charge is -2.23. The molecule has 1 aliphatic rings. The molecule has 0 spiro atoms. The highest BCUT2D eigenvalue weighted by atomic mass is 32.2. The minimum Gasteiger partial charge on any atom is -0.316 e. The Morgan fingerprint density at radius 1 is 1.36 bits per heavy atom. The summed E-state index contributed by atoms with van der Waals surface area (Å²) < 4.78 is 12.0. The second-order valence-corrected chi connectivity index (χ2v) is 5.96. The second kappa shape index (κ2) is 6.57. The topological polar surface area (TPSA) is 29.1 Å². The Bertz CT molecular complexity index is 174. The zero-order valence-corrected chi connectivity index (χ0v) is 10.2. The number of nitrogens with one attached hydrogen (secondary N) is 1. The normalized spacial score (nSPS) is 23.3. The highest BCUT2D eigenvalue weighted by Gasteiger charge is 2.21. The van der Waals surface area contributed by atoms with Crippen LogP contribution in [0.5, 0.6) is 0 Å². The molecule has 0 aromatic carbocycles. The van der Waals surface area contributed by atoms with Gasteiger partial charge in [0.2, 0.25) is 0 Å². The Balaban J connectivity index is 2.32. The predicted molar refractivity (Wildman–Crippen MR) is 63.0 cm³/mol. The van der Waals surface area contributed by atoms with E-state index in [0.717, 1.165) is 12.2 Å². The number of hydrogen-bond donors (Lipinski definition) is 1. The van der Waals surface area contributed by atoms with Crippen molar-refractivity contribution in [2.45, 2.75) is 56.7 Å². The zero-order chi connectivity index (χ0) is 10.4. The average molecular weight is 217 g/mol. The fraction of sp³-hybridized carbons (Fsp3) is 1.00. The van der Waals surface area contributed by atoms with E-state index in [1.54, 1.807) is 0 Å². The highest BCUT2D eigenvalue weighted by molar-refractivity contribution is 7.85. The first-order chi connectivity index (χ1) is 6.77. The molecule has 1 N–H and O–H groups in total. The zero-order valence-electron chi connectivity index (χ0n) is 9.42. The summed E-state index contributed by atoms with van der Waals surface area (Å²) >= 11 is 0. The fourth-order valence-electron chi connectivity index (χ4n) is 2.07. The van der Waals surface area contributed by atoms with Crippen LogP contribution < -0.4 is 5.32 Å². The molecule has 0 radical (unpaired) electrons. The fourth-order valence-corrected chi connectivity index (χ4v) is 4.00. The van der Waals surface area contributed by atoms with Gasteiger partial charge in [0.05, 0.1) is 0 Å². The van der Waals surface area contributed by atoms with Crippen molar-refractivity contribution in [2.75, 3.05) is 12.8 Å². The van der Waals surface area contributed by atoms with Gasteiger partial charge >= 0.3 is 0 Å². The monoisotopic (exact) mass is 217 g/mol. The van der Waals surface area contributed by atoms with Crippen molar-refractivity contribution in [1.29, 1.82) is 0 Å². The molecule has 0 saturated heterocycles. The largest absolute Gasteiger partial charge is 0.316 e. The van der Waals surface area contributed by atoms with Crippen molar-refractivity contribution in [3.63, 3.8) is 0 Å². The first kappa shape index (κ1) is 12.2. The van der Waals surface area contributed by atoms with E-state index in [1.165, 1.54) is 32.1 Å². The van der Waals surface area contributed by atoms with Crippen molar-refractivity contribution in [3.8, 4) is 0 Å². The standard InChI is InChI=1S/C11H23NOS/c1-3-10(12-2)9-14(13)11-7-5-4-6-8-11/h10-12H,3-9H2,1-2H3. The molecule has 0 heterocycles. The number of hydrogen-bond acceptors (Lipinski definition) is 2. The van der Waals surface area contributed by atoms with Gasteiger partial charge in [0.25, 0.3) is 0 Å². The third-order valence-corrected chi connectivity index (χ3v) is 5.14. The molecule has 84 valence electrons. The summed E-state index contributed by atoms with van der Waals surface area (Å²) in [4.78, 5) is 0. The van der Waals surface area contributed by atoms with Crippen LogP contribution in [0.25, 0.3) is 0 Å². The summed E-state index contributed by atoms with van der Waals surface area (Å²) in [5, 5.41) is 3.72. The van der Waals surface area contributed by atoms with Gasteiger partial charge in [-0.25, -0.2) is 0 Å². The van der Waals surface area contributed by atoms with E-state index >= 15 is 0 Å². The SMILES string of the molecule is CCC(CS(=O)C1CCCCC1)NC. The van der Waals surface area contributed by atoms with Crippen LogP contribution in [0.2, 0.25) is 0 Å². The van der Waals surface area contributed by atoms with Crippen LogP contribution in [0.3, 0.4) is 0 Å². The maximum absolute atomic E-state index is 12.0. The highest BCUT2D eigenvalue weighted by Crippen LogP contribution is 2.22. The molecular formula is C11H23NOS. The minimum atomic E-state index is -0.599. The van der Waals surface area contributed by atoms with E-state index in [9.17, 15) is 4.21 Å². The molecule has 0 aromatic rings. The Morgan fingerprint density at radius 2 is 2.00 bits per heavy atom. The molecule has 14 heavy (non-hydrogen) atoms. The Kier molecular flexibility index (Phi) is 5.71. The average Bonchev–Trinajstić information content (AvgIpc) is 2.26. The summed E-state index contributed by atoms with van der Waals surface area (Å²) in [5.41, 5.74) is 0. The van der Waals surface area contributed by atoms with Crippen molar-refractivity contribution < 1.29 is 4.21 Å². The molecule has 3 heteroatoms. The number of rotatable bonds is 5. The van der Waals surface area contributed by atoms with E-state index in [1.807, 2.05) is 7.05 Å². The van der Waals surface area contributed by atoms with Gasteiger partial charge in [-0.2, -0.15) is 0 Å². The van der Waals surface area contributed by atoms with Crippen LogP contribution >= 0.6 is 0 Å². The van der Waals surface area contributed by atoms with Gasteiger partial charge in [0, 0.05) is 27.8 Å². The van der Waals surface area contributed by atoms with Crippen molar-refractivity contribution >= 4 is 10.8 Å². The first-order valence-corrected chi connectivity index (χ1v) is 7.20. The van der Waals surface area contributed by atoms with E-state index in [2.05, 4.69) is 12.2 Å². The van der Waals surface area contributed by atoms with E-state index in [4.69, 9.17) is 0 Å². The smallest absolute Gasteiger partial charge is 0.0391 e. The molecule has 1 rings (SSSR count). The summed E-state index contributed by atoms with van der Waals surface area (Å²) in [7, 11) is 1.37. The van der Waals surface area contributed by atoms with E-state index in [0.29, 0.717) is 11.3 Å². The third kappa shape index (κ3) is 3.70. The molecule has 2 atom stereocenters. The molecule has 0 aromatic heterocycles. The summed E-state index contributed by atoms with van der Waals surface area (Å²) in [5.74, 6) is 0.845. The third-order valence-electron chi connectivity index (χ3n) is 3.19. The van der Waals surface area contributed by atoms with Gasteiger partial charge in [-0.1, -0.05) is 26.2 Å². The molecule has 1 saturated carbocycles.